The smallest absolute Gasteiger partial charge is 0.410 e. The van der Waals surface area contributed by atoms with Crippen molar-refractivity contribution >= 4 is 6.09 Å². The van der Waals surface area contributed by atoms with Crippen molar-refractivity contribution in [1.82, 2.24) is 34.2 Å². The number of likely N-dealkylation sites (tertiary alicyclic amines) is 2. The van der Waals surface area contributed by atoms with Gasteiger partial charge in [-0.2, -0.15) is 0 Å². The molecule has 2 aromatic rings. The van der Waals surface area contributed by atoms with Crippen LogP contribution in [0.2, 0.25) is 0 Å². The molecule has 0 unspecified atom stereocenters. The largest absolute Gasteiger partial charge is 0.444 e. The molecule has 35 heavy (non-hydrogen) atoms. The minimum atomic E-state index is -0.427. The van der Waals surface area contributed by atoms with Crippen molar-refractivity contribution in [2.45, 2.75) is 78.1 Å². The number of nitrogens with one attached hydrogen (secondary N) is 1. The third-order valence-corrected chi connectivity index (χ3v) is 7.30. The van der Waals surface area contributed by atoms with E-state index in [0.29, 0.717) is 5.41 Å². The molecule has 1 amide bonds. The fourth-order valence-corrected chi connectivity index (χ4v) is 5.37. The van der Waals surface area contributed by atoms with E-state index in [4.69, 9.17) is 4.74 Å². The summed E-state index contributed by atoms with van der Waals surface area (Å²) in [6.45, 7) is 13.5. The number of rotatable bonds is 9. The summed E-state index contributed by atoms with van der Waals surface area (Å²) >= 11 is 0. The molecule has 0 aromatic carbocycles. The maximum absolute atomic E-state index is 12.4. The van der Waals surface area contributed by atoms with Crippen LogP contribution in [0.5, 0.6) is 0 Å². The van der Waals surface area contributed by atoms with E-state index in [2.05, 4.69) is 42.6 Å². The Kier molecular flexibility index (Phi) is 8.16. The van der Waals surface area contributed by atoms with Crippen LogP contribution in [0.15, 0.2) is 24.8 Å². The normalized spacial score (nSPS) is 18.6. The highest BCUT2D eigenvalue weighted by atomic mass is 16.6. The van der Waals surface area contributed by atoms with Crippen LogP contribution in [0.25, 0.3) is 0 Å². The predicted octanol–water partition coefficient (Wildman–Crippen LogP) is 3.74. The van der Waals surface area contributed by atoms with Gasteiger partial charge in [-0.15, -0.1) is 0 Å². The van der Waals surface area contributed by atoms with Gasteiger partial charge in [0.05, 0.1) is 13.1 Å². The molecule has 2 aliphatic heterocycles. The minimum absolute atomic E-state index is 0.159. The molecule has 0 radical (unpaired) electrons. The van der Waals surface area contributed by atoms with Gasteiger partial charge in [0.2, 0.25) is 0 Å². The molecule has 4 heterocycles. The summed E-state index contributed by atoms with van der Waals surface area (Å²) in [7, 11) is 2.10. The number of aromatic amines is 1. The summed E-state index contributed by atoms with van der Waals surface area (Å²) in [4.78, 5) is 31.2. The van der Waals surface area contributed by atoms with Crippen molar-refractivity contribution in [1.29, 1.82) is 0 Å². The van der Waals surface area contributed by atoms with E-state index < -0.39 is 5.60 Å². The predicted molar refractivity (Wildman–Crippen MR) is 136 cm³/mol. The van der Waals surface area contributed by atoms with Crippen LogP contribution in [0.4, 0.5) is 4.79 Å². The number of nitrogens with zero attached hydrogens (tertiary/aromatic N) is 6. The molecule has 9 nitrogen and oxygen atoms in total. The first-order valence-corrected chi connectivity index (χ1v) is 13.1. The third-order valence-electron chi connectivity index (χ3n) is 7.30. The number of amides is 1. The van der Waals surface area contributed by atoms with Gasteiger partial charge in [-0.1, -0.05) is 0 Å². The van der Waals surface area contributed by atoms with Gasteiger partial charge < -0.3 is 24.1 Å². The molecule has 2 aromatic heterocycles. The van der Waals surface area contributed by atoms with Gasteiger partial charge >= 0.3 is 6.09 Å². The zero-order chi connectivity index (χ0) is 24.9. The molecule has 1 spiro atoms. The van der Waals surface area contributed by atoms with Gasteiger partial charge in [0, 0.05) is 51.0 Å². The standard InChI is InChI=1S/C26H43N7O2/c1-25(2,3)35-24(34)33-16-8-26(9-17-33)7-15-31(21-26)13-5-6-14-32-18-12-29-23(32)20-30(4)19-22-27-10-11-28-22/h10-12,18H,5-9,13-17,19-21H2,1-4H3,(H,27,28). The van der Waals surface area contributed by atoms with Gasteiger partial charge in [-0.25, -0.2) is 14.8 Å². The van der Waals surface area contributed by atoms with E-state index >= 15 is 0 Å². The Morgan fingerprint density at radius 2 is 1.83 bits per heavy atom. The van der Waals surface area contributed by atoms with E-state index in [1.54, 1.807) is 6.20 Å². The zero-order valence-corrected chi connectivity index (χ0v) is 22.0. The second kappa shape index (κ2) is 11.1. The third kappa shape index (κ3) is 7.30. The minimum Gasteiger partial charge on any atom is -0.444 e. The van der Waals surface area contributed by atoms with Gasteiger partial charge in [-0.05, 0) is 78.4 Å². The quantitative estimate of drug-likeness (QED) is 0.545. The van der Waals surface area contributed by atoms with Gasteiger partial charge in [0.15, 0.2) is 0 Å². The highest BCUT2D eigenvalue weighted by Crippen LogP contribution is 2.40. The Morgan fingerprint density at radius 3 is 2.54 bits per heavy atom. The lowest BCUT2D eigenvalue weighted by molar-refractivity contribution is 0.0110. The van der Waals surface area contributed by atoms with Crippen molar-refractivity contribution in [2.75, 3.05) is 39.8 Å². The molecule has 194 valence electrons. The number of ether oxygens (including phenoxy) is 1. The first-order chi connectivity index (χ1) is 16.7. The zero-order valence-electron chi connectivity index (χ0n) is 22.0. The Bertz CT molecular complexity index is 926. The fraction of sp³-hybridized carbons (Fsp3) is 0.731. The number of hydrogen-bond donors (Lipinski definition) is 1. The average Bonchev–Trinajstić information content (AvgIpc) is 3.54. The number of hydrogen-bond acceptors (Lipinski definition) is 6. The number of imidazole rings is 2. The van der Waals surface area contributed by atoms with Crippen molar-refractivity contribution < 1.29 is 9.53 Å². The van der Waals surface area contributed by atoms with Crippen LogP contribution in [0.3, 0.4) is 0 Å². The van der Waals surface area contributed by atoms with Crippen molar-refractivity contribution in [3.63, 3.8) is 0 Å². The van der Waals surface area contributed by atoms with Gasteiger partial charge in [-0.3, -0.25) is 4.90 Å². The molecular weight excluding hydrogens is 442 g/mol. The summed E-state index contributed by atoms with van der Waals surface area (Å²) in [5.74, 6) is 2.08. The van der Waals surface area contributed by atoms with E-state index in [0.717, 1.165) is 70.2 Å². The SMILES string of the molecule is CN(Cc1ncc[nH]1)Cc1nccn1CCCCN1CCC2(CCN(C(=O)OC(C)(C)C)CC2)C1. The number of piperidine rings is 1. The molecule has 9 heteroatoms. The van der Waals surface area contributed by atoms with Crippen molar-refractivity contribution in [3.8, 4) is 0 Å². The Labute approximate surface area is 209 Å². The summed E-state index contributed by atoms with van der Waals surface area (Å²) in [6, 6.07) is 0. The summed E-state index contributed by atoms with van der Waals surface area (Å²) in [6.07, 6.45) is 13.3. The molecule has 0 saturated carbocycles. The number of carbonyl (C=O) groups excluding carboxylic acids is 1. The molecular formula is C26H43N7O2. The first kappa shape index (κ1) is 25.7. The Balaban J connectivity index is 1.14. The summed E-state index contributed by atoms with van der Waals surface area (Å²) < 4.78 is 7.85. The molecule has 0 atom stereocenters. The van der Waals surface area contributed by atoms with Crippen LogP contribution in [-0.2, 0) is 24.4 Å². The first-order valence-electron chi connectivity index (χ1n) is 13.1. The van der Waals surface area contributed by atoms with Gasteiger partial charge in [0.1, 0.15) is 17.2 Å². The summed E-state index contributed by atoms with van der Waals surface area (Å²) in [5.41, 5.74) is -0.0433. The molecule has 2 aliphatic rings. The lowest BCUT2D eigenvalue weighted by atomic mass is 9.78. The van der Waals surface area contributed by atoms with Crippen LogP contribution in [-0.4, -0.2) is 85.7 Å². The highest BCUT2D eigenvalue weighted by Gasteiger charge is 2.41. The van der Waals surface area contributed by atoms with E-state index in [9.17, 15) is 4.79 Å². The second-order valence-electron chi connectivity index (χ2n) is 11.4. The highest BCUT2D eigenvalue weighted by molar-refractivity contribution is 5.68. The second-order valence-corrected chi connectivity index (χ2v) is 11.4. The van der Waals surface area contributed by atoms with Crippen LogP contribution in [0, 0.1) is 5.41 Å². The molecule has 2 fully saturated rings. The van der Waals surface area contributed by atoms with Gasteiger partial charge in [0.25, 0.3) is 0 Å². The molecule has 2 saturated heterocycles. The average molecular weight is 486 g/mol. The fourth-order valence-electron chi connectivity index (χ4n) is 5.37. The van der Waals surface area contributed by atoms with E-state index in [1.165, 1.54) is 25.9 Å². The number of carbonyl (C=O) groups is 1. The maximum Gasteiger partial charge on any atom is 0.410 e. The Morgan fingerprint density at radius 1 is 1.09 bits per heavy atom. The number of H-pyrrole nitrogens is 1. The molecule has 1 N–H and O–H groups in total. The number of aryl methyl sites for hydroxylation is 1. The molecule has 0 aliphatic carbocycles. The van der Waals surface area contributed by atoms with Crippen LogP contribution < -0.4 is 0 Å². The number of aromatic nitrogens is 4. The Hall–Kier alpha value is -2.39. The van der Waals surface area contributed by atoms with Crippen LogP contribution >= 0.6 is 0 Å². The lowest BCUT2D eigenvalue weighted by Crippen LogP contribution is -2.46. The van der Waals surface area contributed by atoms with Crippen LogP contribution in [0.1, 0.15) is 64.5 Å². The lowest BCUT2D eigenvalue weighted by Gasteiger charge is -2.39. The summed E-state index contributed by atoms with van der Waals surface area (Å²) in [5, 5.41) is 0. The van der Waals surface area contributed by atoms with Crippen molar-refractivity contribution in [3.05, 3.63) is 36.4 Å². The van der Waals surface area contributed by atoms with E-state index in [-0.39, 0.29) is 6.09 Å². The van der Waals surface area contributed by atoms with E-state index in [1.807, 2.05) is 38.1 Å². The molecule has 0 bridgehead atoms. The maximum atomic E-state index is 12.4. The monoisotopic (exact) mass is 485 g/mol. The number of unbranched alkanes of at least 4 members (excludes halogenated alkanes) is 1. The van der Waals surface area contributed by atoms with Crippen molar-refractivity contribution in [2.24, 2.45) is 5.41 Å². The molecule has 4 rings (SSSR count). The topological polar surface area (TPSA) is 82.5 Å².